The van der Waals surface area contributed by atoms with Gasteiger partial charge in [0.05, 0.1) is 12.7 Å². The van der Waals surface area contributed by atoms with Gasteiger partial charge in [-0.2, -0.15) is 0 Å². The predicted octanol–water partition coefficient (Wildman–Crippen LogP) is -0.249. The summed E-state index contributed by atoms with van der Waals surface area (Å²) in [6, 6.07) is 0. The number of ether oxygens (including phenoxy) is 6. The lowest BCUT2D eigenvalue weighted by atomic mass is 10.1. The van der Waals surface area contributed by atoms with Crippen LogP contribution in [0, 0.1) is 0 Å². The fourth-order valence-electron chi connectivity index (χ4n) is 3.43. The smallest absolute Gasteiger partial charge is 0.190 e. The lowest BCUT2D eigenvalue weighted by Gasteiger charge is -2.27. The van der Waals surface area contributed by atoms with E-state index in [0.717, 1.165) is 0 Å². The summed E-state index contributed by atoms with van der Waals surface area (Å²) >= 11 is 0. The predicted molar refractivity (Wildman–Crippen MR) is 76.4 cm³/mol. The third-order valence-electron chi connectivity index (χ3n) is 4.52. The molecule has 8 nitrogen and oxygen atoms in total. The average Bonchev–Trinajstić information content (AvgIpc) is 3.05. The summed E-state index contributed by atoms with van der Waals surface area (Å²) in [6.07, 6.45) is -4.15. The van der Waals surface area contributed by atoms with Crippen LogP contribution in [0.2, 0.25) is 0 Å². The first-order chi connectivity index (χ1) is 10.9. The van der Waals surface area contributed by atoms with Crippen molar-refractivity contribution in [3.8, 4) is 0 Å². The molecule has 0 aliphatic carbocycles. The molecule has 1 unspecified atom stereocenters. The normalized spacial score (nSPS) is 48.8. The van der Waals surface area contributed by atoms with E-state index in [4.69, 9.17) is 28.4 Å². The fourth-order valence-corrected chi connectivity index (χ4v) is 3.43. The van der Waals surface area contributed by atoms with Crippen molar-refractivity contribution >= 4 is 0 Å². The molecule has 0 aromatic rings. The molecule has 8 heteroatoms. The second-order valence-corrected chi connectivity index (χ2v) is 6.61. The van der Waals surface area contributed by atoms with Crippen molar-refractivity contribution in [1.29, 1.82) is 0 Å². The molecule has 0 spiro atoms. The third-order valence-corrected chi connectivity index (χ3v) is 4.52. The third kappa shape index (κ3) is 3.27. The first-order valence-electron chi connectivity index (χ1n) is 8.03. The van der Waals surface area contributed by atoms with Gasteiger partial charge in [0, 0.05) is 7.11 Å². The van der Waals surface area contributed by atoms with E-state index >= 15 is 0 Å². The Kier molecular flexibility index (Phi) is 4.97. The monoisotopic (exact) mass is 334 g/mol. The maximum absolute atomic E-state index is 9.96. The molecule has 3 heterocycles. The van der Waals surface area contributed by atoms with Gasteiger partial charge in [-0.05, 0) is 20.3 Å². The molecule has 0 radical (unpaired) electrons. The van der Waals surface area contributed by atoms with Gasteiger partial charge in [-0.1, -0.05) is 6.92 Å². The Morgan fingerprint density at radius 1 is 1.04 bits per heavy atom. The quantitative estimate of drug-likeness (QED) is 0.711. The van der Waals surface area contributed by atoms with E-state index in [0.29, 0.717) is 6.42 Å². The molecule has 0 aromatic heterocycles. The lowest BCUT2D eigenvalue weighted by molar-refractivity contribution is -0.225. The minimum Gasteiger partial charge on any atom is -0.385 e. The molecule has 0 saturated carbocycles. The molecule has 0 aromatic carbocycles. The molecule has 0 bridgehead atoms. The molecule has 23 heavy (non-hydrogen) atoms. The van der Waals surface area contributed by atoms with Crippen molar-refractivity contribution in [2.75, 3.05) is 13.7 Å². The molecule has 8 atom stereocenters. The van der Waals surface area contributed by atoms with Crippen molar-refractivity contribution in [3.05, 3.63) is 0 Å². The number of aliphatic hydroxyl groups excluding tert-OH is 2. The summed E-state index contributed by atoms with van der Waals surface area (Å²) in [5.41, 5.74) is 0. The summed E-state index contributed by atoms with van der Waals surface area (Å²) < 4.78 is 33.9. The van der Waals surface area contributed by atoms with Crippen LogP contribution in [-0.2, 0) is 28.4 Å². The van der Waals surface area contributed by atoms with Crippen LogP contribution < -0.4 is 0 Å². The van der Waals surface area contributed by atoms with Gasteiger partial charge >= 0.3 is 0 Å². The minimum atomic E-state index is -1.22. The molecule has 2 N–H and O–H groups in total. The van der Waals surface area contributed by atoms with Gasteiger partial charge in [-0.15, -0.1) is 0 Å². The van der Waals surface area contributed by atoms with Crippen LogP contribution in [0.5, 0.6) is 0 Å². The zero-order chi connectivity index (χ0) is 16.8. The second-order valence-electron chi connectivity index (χ2n) is 6.61. The molecule has 3 saturated heterocycles. The number of hydrogen-bond acceptors (Lipinski definition) is 8. The summed E-state index contributed by atoms with van der Waals surface area (Å²) in [5.74, 6) is -0.704. The summed E-state index contributed by atoms with van der Waals surface area (Å²) in [4.78, 5) is 0. The van der Waals surface area contributed by atoms with Gasteiger partial charge in [-0.25, -0.2) is 0 Å². The average molecular weight is 334 g/mol. The van der Waals surface area contributed by atoms with Crippen molar-refractivity contribution in [1.82, 2.24) is 0 Å². The highest BCUT2D eigenvalue weighted by molar-refractivity contribution is 4.95. The topological polar surface area (TPSA) is 95.8 Å². The van der Waals surface area contributed by atoms with Crippen molar-refractivity contribution < 1.29 is 38.6 Å². The zero-order valence-electron chi connectivity index (χ0n) is 13.9. The van der Waals surface area contributed by atoms with Gasteiger partial charge < -0.3 is 38.6 Å². The zero-order valence-corrected chi connectivity index (χ0v) is 13.9. The lowest BCUT2D eigenvalue weighted by Crippen LogP contribution is -2.42. The fraction of sp³-hybridized carbons (Fsp3) is 1.00. The highest BCUT2D eigenvalue weighted by atomic mass is 16.8. The number of methoxy groups -OCH3 is 1. The maximum atomic E-state index is 9.96. The first-order valence-corrected chi connectivity index (χ1v) is 8.03. The molecular weight excluding hydrogens is 308 g/mol. The van der Waals surface area contributed by atoms with Crippen LogP contribution in [0.3, 0.4) is 0 Å². The summed E-state index contributed by atoms with van der Waals surface area (Å²) in [5, 5.41) is 19.6. The standard InChI is InChI=1S/C15H26O8/c1-5-7-10(9(16)13(17)20-7)19-6-8-11(18-4)12-14(21-8)23-15(2,3)22-12/h7-14,16-17H,5-6H2,1-4H3/t7-,8-,9-,10+,11+,12-,13?,14-/m1/s1. The van der Waals surface area contributed by atoms with Crippen LogP contribution in [0.4, 0.5) is 0 Å². The van der Waals surface area contributed by atoms with E-state index < -0.39 is 30.6 Å². The van der Waals surface area contributed by atoms with Crippen LogP contribution >= 0.6 is 0 Å². The minimum absolute atomic E-state index is 0.187. The van der Waals surface area contributed by atoms with Crippen molar-refractivity contribution in [2.45, 2.75) is 82.2 Å². The molecule has 134 valence electrons. The molecule has 0 amide bonds. The molecule has 3 aliphatic rings. The van der Waals surface area contributed by atoms with E-state index in [9.17, 15) is 10.2 Å². The van der Waals surface area contributed by atoms with E-state index in [1.54, 1.807) is 7.11 Å². The molecule has 3 rings (SSSR count). The van der Waals surface area contributed by atoms with E-state index in [2.05, 4.69) is 0 Å². The molecular formula is C15H26O8. The van der Waals surface area contributed by atoms with Crippen LogP contribution in [-0.4, -0.2) is 78.9 Å². The maximum Gasteiger partial charge on any atom is 0.190 e. The Morgan fingerprint density at radius 3 is 2.43 bits per heavy atom. The van der Waals surface area contributed by atoms with E-state index in [-0.39, 0.29) is 31.0 Å². The Morgan fingerprint density at radius 2 is 1.78 bits per heavy atom. The first kappa shape index (κ1) is 17.5. The van der Waals surface area contributed by atoms with Crippen LogP contribution in [0.1, 0.15) is 27.2 Å². The Labute approximate surface area is 135 Å². The summed E-state index contributed by atoms with van der Waals surface area (Å²) in [7, 11) is 1.59. The van der Waals surface area contributed by atoms with Crippen LogP contribution in [0.25, 0.3) is 0 Å². The number of aliphatic hydroxyl groups is 2. The van der Waals surface area contributed by atoms with E-state index in [1.807, 2.05) is 20.8 Å². The Bertz CT molecular complexity index is 416. The van der Waals surface area contributed by atoms with Gasteiger partial charge in [0.25, 0.3) is 0 Å². The Hall–Kier alpha value is -0.320. The van der Waals surface area contributed by atoms with Gasteiger partial charge in [-0.3, -0.25) is 0 Å². The number of hydrogen-bond donors (Lipinski definition) is 2. The largest absolute Gasteiger partial charge is 0.385 e. The van der Waals surface area contributed by atoms with E-state index in [1.165, 1.54) is 0 Å². The van der Waals surface area contributed by atoms with Crippen molar-refractivity contribution in [2.24, 2.45) is 0 Å². The second kappa shape index (κ2) is 6.53. The van der Waals surface area contributed by atoms with Gasteiger partial charge in [0.15, 0.2) is 18.4 Å². The SMILES string of the molecule is CC[C@H]1OC(O)[C@H](O)[C@H]1OC[C@H]1O[C@@H]2OC(C)(C)O[C@@H]2[C@H]1OC. The summed E-state index contributed by atoms with van der Waals surface area (Å²) in [6.45, 7) is 5.75. The highest BCUT2D eigenvalue weighted by Gasteiger charge is 2.55. The van der Waals surface area contributed by atoms with Gasteiger partial charge in [0.2, 0.25) is 0 Å². The Balaban J connectivity index is 1.59. The van der Waals surface area contributed by atoms with Gasteiger partial charge in [0.1, 0.15) is 30.5 Å². The highest BCUT2D eigenvalue weighted by Crippen LogP contribution is 2.39. The number of fused-ring (bicyclic) bond motifs is 1. The molecule has 3 fully saturated rings. The molecule has 3 aliphatic heterocycles. The van der Waals surface area contributed by atoms with Crippen molar-refractivity contribution in [3.63, 3.8) is 0 Å². The van der Waals surface area contributed by atoms with Crippen LogP contribution in [0.15, 0.2) is 0 Å². The number of rotatable bonds is 5.